The first-order valence-electron chi connectivity index (χ1n) is 5.58. The molecule has 15 heavy (non-hydrogen) atoms. The molecule has 0 radical (unpaired) electrons. The van der Waals surface area contributed by atoms with Crippen molar-refractivity contribution in [2.24, 2.45) is 0 Å². The van der Waals surface area contributed by atoms with E-state index in [1.165, 1.54) is 11.5 Å². The van der Waals surface area contributed by atoms with Crippen molar-refractivity contribution in [3.05, 3.63) is 0 Å². The quantitative estimate of drug-likeness (QED) is 0.461. The minimum atomic E-state index is 0.473. The maximum absolute atomic E-state index is 5.27. The highest BCUT2D eigenvalue weighted by molar-refractivity contribution is 8.03. The fraction of sp³-hybridized carbons (Fsp3) is 1.00. The van der Waals surface area contributed by atoms with Gasteiger partial charge in [0.15, 0.2) is 0 Å². The van der Waals surface area contributed by atoms with Crippen molar-refractivity contribution in [3.63, 3.8) is 0 Å². The summed E-state index contributed by atoms with van der Waals surface area (Å²) in [4.78, 5) is 5.27. The van der Waals surface area contributed by atoms with Gasteiger partial charge in [-0.15, -0.1) is 0 Å². The SMILES string of the molecule is CON(CCSCCSC(C)C)C(C)C. The molecule has 0 aromatic heterocycles. The molecule has 0 saturated heterocycles. The van der Waals surface area contributed by atoms with Crippen molar-refractivity contribution >= 4 is 23.5 Å². The Kier molecular flexibility index (Phi) is 10.2. The van der Waals surface area contributed by atoms with Crippen LogP contribution < -0.4 is 0 Å². The zero-order valence-electron chi connectivity index (χ0n) is 10.7. The summed E-state index contributed by atoms with van der Waals surface area (Å²) in [6.45, 7) is 9.83. The summed E-state index contributed by atoms with van der Waals surface area (Å²) in [5.74, 6) is 3.67. The Morgan fingerprint density at radius 3 is 2.20 bits per heavy atom. The number of hydrogen-bond donors (Lipinski definition) is 0. The molecule has 0 N–H and O–H groups in total. The molecule has 0 spiro atoms. The largest absolute Gasteiger partial charge is 0.302 e. The first-order valence-corrected chi connectivity index (χ1v) is 7.78. The van der Waals surface area contributed by atoms with Crippen LogP contribution in [0.2, 0.25) is 0 Å². The van der Waals surface area contributed by atoms with Crippen LogP contribution in [0.25, 0.3) is 0 Å². The van der Waals surface area contributed by atoms with Crippen molar-refractivity contribution in [1.82, 2.24) is 5.06 Å². The molecule has 0 aromatic rings. The van der Waals surface area contributed by atoms with E-state index in [2.05, 4.69) is 27.7 Å². The lowest BCUT2D eigenvalue weighted by atomic mass is 10.4. The predicted molar refractivity (Wildman–Crippen MR) is 73.8 cm³/mol. The summed E-state index contributed by atoms with van der Waals surface area (Å²) in [5.41, 5.74) is 0. The molecule has 0 amide bonds. The molecule has 0 rings (SSSR count). The monoisotopic (exact) mass is 251 g/mol. The van der Waals surface area contributed by atoms with Crippen molar-refractivity contribution in [1.29, 1.82) is 0 Å². The molecule has 0 aliphatic rings. The van der Waals surface area contributed by atoms with Gasteiger partial charge in [-0.2, -0.15) is 28.6 Å². The molecule has 2 nitrogen and oxygen atoms in total. The van der Waals surface area contributed by atoms with Gasteiger partial charge in [0, 0.05) is 29.8 Å². The third-order valence-electron chi connectivity index (χ3n) is 1.95. The summed E-state index contributed by atoms with van der Waals surface area (Å²) >= 11 is 4.05. The molecule has 0 aliphatic carbocycles. The van der Waals surface area contributed by atoms with Crippen LogP contribution in [0.15, 0.2) is 0 Å². The summed E-state index contributed by atoms with van der Waals surface area (Å²) in [5, 5.41) is 2.79. The maximum Gasteiger partial charge on any atom is 0.0575 e. The van der Waals surface area contributed by atoms with Gasteiger partial charge in [-0.1, -0.05) is 13.8 Å². The first kappa shape index (κ1) is 15.6. The van der Waals surface area contributed by atoms with Gasteiger partial charge in [0.2, 0.25) is 0 Å². The van der Waals surface area contributed by atoms with E-state index in [0.29, 0.717) is 6.04 Å². The molecule has 0 heterocycles. The molecular weight excluding hydrogens is 226 g/mol. The molecule has 0 unspecified atom stereocenters. The van der Waals surface area contributed by atoms with Crippen molar-refractivity contribution in [2.75, 3.05) is 30.9 Å². The first-order chi connectivity index (χ1) is 7.07. The highest BCUT2D eigenvalue weighted by atomic mass is 32.2. The Morgan fingerprint density at radius 2 is 1.73 bits per heavy atom. The summed E-state index contributed by atoms with van der Waals surface area (Å²) < 4.78 is 0. The van der Waals surface area contributed by atoms with Gasteiger partial charge in [0.1, 0.15) is 0 Å². The third-order valence-corrected chi connectivity index (χ3v) is 4.27. The fourth-order valence-electron chi connectivity index (χ4n) is 1.16. The van der Waals surface area contributed by atoms with E-state index >= 15 is 0 Å². The Balaban J connectivity index is 3.29. The van der Waals surface area contributed by atoms with Gasteiger partial charge in [0.05, 0.1) is 7.11 Å². The lowest BCUT2D eigenvalue weighted by molar-refractivity contribution is -0.148. The minimum absolute atomic E-state index is 0.473. The van der Waals surface area contributed by atoms with E-state index in [9.17, 15) is 0 Å². The number of nitrogens with zero attached hydrogens (tertiary/aromatic N) is 1. The van der Waals surface area contributed by atoms with Crippen molar-refractivity contribution in [3.8, 4) is 0 Å². The zero-order valence-corrected chi connectivity index (χ0v) is 12.3. The Labute approximate surface area is 103 Å². The standard InChI is InChI=1S/C11H25NOS2/c1-10(2)12(13-5)6-7-14-8-9-15-11(3)4/h10-11H,6-9H2,1-5H3. The average molecular weight is 251 g/mol. The molecule has 0 saturated carbocycles. The third kappa shape index (κ3) is 9.54. The fourth-order valence-corrected chi connectivity index (χ4v) is 3.00. The smallest absolute Gasteiger partial charge is 0.0575 e. The predicted octanol–water partition coefficient (Wildman–Crippen LogP) is 3.13. The Bertz CT molecular complexity index is 143. The lowest BCUT2D eigenvalue weighted by Crippen LogP contribution is -2.31. The van der Waals surface area contributed by atoms with Crippen LogP contribution in [0.5, 0.6) is 0 Å². The van der Waals surface area contributed by atoms with Crippen LogP contribution in [0, 0.1) is 0 Å². The Hall–Kier alpha value is 0.620. The maximum atomic E-state index is 5.27. The van der Waals surface area contributed by atoms with E-state index in [1.54, 1.807) is 7.11 Å². The molecule has 0 atom stereocenters. The average Bonchev–Trinajstić information content (AvgIpc) is 2.15. The molecule has 0 bridgehead atoms. The number of thioether (sulfide) groups is 2. The lowest BCUT2D eigenvalue weighted by Gasteiger charge is -2.23. The number of hydrogen-bond acceptors (Lipinski definition) is 4. The van der Waals surface area contributed by atoms with E-state index in [1.807, 2.05) is 28.6 Å². The number of hydroxylamine groups is 2. The van der Waals surface area contributed by atoms with Crippen LogP contribution in [0.4, 0.5) is 0 Å². The molecule has 92 valence electrons. The molecular formula is C11H25NOS2. The Morgan fingerprint density at radius 1 is 1.07 bits per heavy atom. The van der Waals surface area contributed by atoms with Gasteiger partial charge >= 0.3 is 0 Å². The van der Waals surface area contributed by atoms with Crippen molar-refractivity contribution in [2.45, 2.75) is 39.0 Å². The molecule has 0 aliphatic heterocycles. The van der Waals surface area contributed by atoms with Crippen LogP contribution in [-0.4, -0.2) is 47.3 Å². The topological polar surface area (TPSA) is 12.5 Å². The second-order valence-electron chi connectivity index (χ2n) is 3.95. The van der Waals surface area contributed by atoms with Gasteiger partial charge in [-0.3, -0.25) is 0 Å². The summed E-state index contributed by atoms with van der Waals surface area (Å²) in [6, 6.07) is 0.473. The highest BCUT2D eigenvalue weighted by Gasteiger charge is 2.06. The van der Waals surface area contributed by atoms with Crippen LogP contribution in [0.1, 0.15) is 27.7 Å². The molecule has 0 aromatic carbocycles. The van der Waals surface area contributed by atoms with Gasteiger partial charge in [0.25, 0.3) is 0 Å². The van der Waals surface area contributed by atoms with Crippen LogP contribution >= 0.6 is 23.5 Å². The van der Waals surface area contributed by atoms with E-state index in [0.717, 1.165) is 17.5 Å². The minimum Gasteiger partial charge on any atom is -0.302 e. The van der Waals surface area contributed by atoms with Crippen molar-refractivity contribution < 1.29 is 4.84 Å². The summed E-state index contributed by atoms with van der Waals surface area (Å²) in [6.07, 6.45) is 0. The molecule has 0 fully saturated rings. The van der Waals surface area contributed by atoms with Crippen LogP contribution in [0.3, 0.4) is 0 Å². The van der Waals surface area contributed by atoms with Gasteiger partial charge < -0.3 is 4.84 Å². The van der Waals surface area contributed by atoms with E-state index < -0.39 is 0 Å². The second kappa shape index (κ2) is 9.82. The second-order valence-corrected chi connectivity index (χ2v) is 6.86. The highest BCUT2D eigenvalue weighted by Crippen LogP contribution is 2.12. The van der Waals surface area contributed by atoms with Crippen LogP contribution in [-0.2, 0) is 4.84 Å². The molecule has 4 heteroatoms. The normalized spacial score (nSPS) is 12.0. The van der Waals surface area contributed by atoms with E-state index in [-0.39, 0.29) is 0 Å². The summed E-state index contributed by atoms with van der Waals surface area (Å²) in [7, 11) is 1.75. The van der Waals surface area contributed by atoms with Gasteiger partial charge in [-0.05, 0) is 19.1 Å². The zero-order chi connectivity index (χ0) is 11.7. The van der Waals surface area contributed by atoms with E-state index in [4.69, 9.17) is 4.84 Å². The number of rotatable bonds is 9. The van der Waals surface area contributed by atoms with Gasteiger partial charge in [-0.25, -0.2) is 0 Å².